The molecule has 2 aliphatic heterocycles. The fourth-order valence-corrected chi connectivity index (χ4v) is 4.95. The second-order valence-electron chi connectivity index (χ2n) is 11.4. The SMILES string of the molecule is CC(C)(C)OC(=O)N1Cc2cc(O)ccc2C[C@H]1[C@H](O)CNC(=O)c1ccc(C(=O)NC2CCCCOC2)cc1. The van der Waals surface area contributed by atoms with Crippen LogP contribution in [-0.4, -0.2) is 76.6 Å². The van der Waals surface area contributed by atoms with Crippen LogP contribution in [-0.2, 0) is 22.4 Å². The van der Waals surface area contributed by atoms with E-state index in [1.54, 1.807) is 63.2 Å². The normalized spacial score (nSPS) is 20.1. The lowest BCUT2D eigenvalue weighted by atomic mass is 9.91. The number of aromatic hydroxyl groups is 1. The van der Waals surface area contributed by atoms with Crippen LogP contribution in [0.5, 0.6) is 5.75 Å². The minimum absolute atomic E-state index is 0.0304. The first-order valence-electron chi connectivity index (χ1n) is 13.8. The number of amides is 3. The molecule has 2 heterocycles. The fourth-order valence-electron chi connectivity index (χ4n) is 4.95. The topological polar surface area (TPSA) is 137 Å². The predicted octanol–water partition coefficient (Wildman–Crippen LogP) is 3.14. The molecule has 1 unspecified atom stereocenters. The molecule has 4 rings (SSSR count). The Hall–Kier alpha value is -3.63. The van der Waals surface area contributed by atoms with Gasteiger partial charge in [-0.2, -0.15) is 0 Å². The maximum absolute atomic E-state index is 13.0. The fraction of sp³-hybridized carbons (Fsp3) is 0.500. The molecule has 0 radical (unpaired) electrons. The molecule has 2 aromatic carbocycles. The zero-order chi connectivity index (χ0) is 28.9. The van der Waals surface area contributed by atoms with Crippen molar-refractivity contribution in [2.75, 3.05) is 19.8 Å². The highest BCUT2D eigenvalue weighted by Gasteiger charge is 2.37. The van der Waals surface area contributed by atoms with Crippen molar-refractivity contribution in [2.24, 2.45) is 0 Å². The molecule has 10 nitrogen and oxygen atoms in total. The van der Waals surface area contributed by atoms with E-state index in [1.807, 2.05) is 0 Å². The number of ether oxygens (including phenoxy) is 2. The number of nitrogens with zero attached hydrogens (tertiary/aromatic N) is 1. The van der Waals surface area contributed by atoms with Gasteiger partial charge >= 0.3 is 6.09 Å². The van der Waals surface area contributed by atoms with Gasteiger partial charge in [0.25, 0.3) is 11.8 Å². The van der Waals surface area contributed by atoms with Crippen LogP contribution >= 0.6 is 0 Å². The van der Waals surface area contributed by atoms with E-state index in [2.05, 4.69) is 10.6 Å². The quantitative estimate of drug-likeness (QED) is 0.431. The highest BCUT2D eigenvalue weighted by atomic mass is 16.6. The van der Waals surface area contributed by atoms with Gasteiger partial charge < -0.3 is 30.3 Å². The van der Waals surface area contributed by atoms with Crippen LogP contribution in [0.3, 0.4) is 0 Å². The van der Waals surface area contributed by atoms with Crippen molar-refractivity contribution in [2.45, 2.75) is 76.8 Å². The number of benzene rings is 2. The van der Waals surface area contributed by atoms with Gasteiger partial charge in [-0.15, -0.1) is 0 Å². The second-order valence-corrected chi connectivity index (χ2v) is 11.4. The maximum Gasteiger partial charge on any atom is 0.410 e. The Kier molecular flexibility index (Phi) is 9.32. The molecule has 1 saturated heterocycles. The van der Waals surface area contributed by atoms with Crippen LogP contribution < -0.4 is 10.6 Å². The minimum atomic E-state index is -1.08. The summed E-state index contributed by atoms with van der Waals surface area (Å²) >= 11 is 0. The number of nitrogens with one attached hydrogen (secondary N) is 2. The lowest BCUT2D eigenvalue weighted by Crippen LogP contribution is -2.54. The van der Waals surface area contributed by atoms with Gasteiger partial charge in [-0.3, -0.25) is 14.5 Å². The van der Waals surface area contributed by atoms with Crippen LogP contribution in [0.15, 0.2) is 42.5 Å². The number of aliphatic hydroxyl groups is 1. The van der Waals surface area contributed by atoms with E-state index in [0.717, 1.165) is 30.4 Å². The van der Waals surface area contributed by atoms with Crippen molar-refractivity contribution in [3.05, 3.63) is 64.7 Å². The van der Waals surface area contributed by atoms with Gasteiger partial charge in [-0.25, -0.2) is 4.79 Å². The maximum atomic E-state index is 13.0. The third-order valence-corrected chi connectivity index (χ3v) is 7.06. The first-order chi connectivity index (χ1) is 19.0. The van der Waals surface area contributed by atoms with Gasteiger partial charge in [-0.1, -0.05) is 6.07 Å². The van der Waals surface area contributed by atoms with Crippen molar-refractivity contribution in [1.29, 1.82) is 0 Å². The van der Waals surface area contributed by atoms with Crippen molar-refractivity contribution in [3.63, 3.8) is 0 Å². The number of phenolic OH excluding ortho intramolecular Hbond substituents is 1. The van der Waals surface area contributed by atoms with Gasteiger partial charge in [0, 0.05) is 30.8 Å². The third-order valence-electron chi connectivity index (χ3n) is 7.06. The van der Waals surface area contributed by atoms with Gasteiger partial charge in [-0.05, 0) is 94.0 Å². The Bertz CT molecular complexity index is 1200. The number of hydrogen-bond donors (Lipinski definition) is 4. The molecule has 0 saturated carbocycles. The van der Waals surface area contributed by atoms with Gasteiger partial charge in [0.05, 0.1) is 24.8 Å². The zero-order valence-corrected chi connectivity index (χ0v) is 23.3. The highest BCUT2D eigenvalue weighted by molar-refractivity contribution is 5.97. The summed E-state index contributed by atoms with van der Waals surface area (Å²) in [5, 5.41) is 26.7. The molecular weight excluding hydrogens is 514 g/mol. The van der Waals surface area contributed by atoms with Crippen molar-refractivity contribution in [3.8, 4) is 5.75 Å². The first kappa shape index (κ1) is 29.4. The van der Waals surface area contributed by atoms with Crippen molar-refractivity contribution < 1.29 is 34.1 Å². The second kappa shape index (κ2) is 12.7. The van der Waals surface area contributed by atoms with Crippen molar-refractivity contribution >= 4 is 17.9 Å². The summed E-state index contributed by atoms with van der Waals surface area (Å²) in [5.74, 6) is -0.532. The van der Waals surface area contributed by atoms with Crippen LogP contribution in [0.25, 0.3) is 0 Å². The molecule has 10 heteroatoms. The van der Waals surface area contributed by atoms with E-state index in [1.165, 1.54) is 4.90 Å². The van der Waals surface area contributed by atoms with E-state index >= 15 is 0 Å². The monoisotopic (exact) mass is 553 g/mol. The zero-order valence-electron chi connectivity index (χ0n) is 23.3. The summed E-state index contributed by atoms with van der Waals surface area (Å²) < 4.78 is 11.1. The van der Waals surface area contributed by atoms with Crippen LogP contribution in [0, 0.1) is 0 Å². The van der Waals surface area contributed by atoms with Crippen LogP contribution in [0.1, 0.15) is 71.9 Å². The lowest BCUT2D eigenvalue weighted by molar-refractivity contribution is -0.0113. The van der Waals surface area contributed by atoms with Crippen molar-refractivity contribution in [1.82, 2.24) is 15.5 Å². The minimum Gasteiger partial charge on any atom is -0.508 e. The Morgan fingerprint density at radius 2 is 1.75 bits per heavy atom. The molecule has 216 valence electrons. The Labute approximate surface area is 234 Å². The number of carbonyl (C=O) groups excluding carboxylic acids is 3. The molecule has 4 N–H and O–H groups in total. The molecule has 0 aliphatic carbocycles. The highest BCUT2D eigenvalue weighted by Crippen LogP contribution is 2.29. The summed E-state index contributed by atoms with van der Waals surface area (Å²) in [4.78, 5) is 39.9. The Balaban J connectivity index is 1.37. The molecule has 0 spiro atoms. The molecular formula is C30H39N3O7. The molecule has 2 aromatic rings. The molecule has 2 aliphatic rings. The summed E-state index contributed by atoms with van der Waals surface area (Å²) in [6.07, 6.45) is 1.54. The van der Waals surface area contributed by atoms with E-state index in [4.69, 9.17) is 9.47 Å². The van der Waals surface area contributed by atoms with E-state index < -0.39 is 29.7 Å². The van der Waals surface area contributed by atoms with Gasteiger partial charge in [0.1, 0.15) is 11.4 Å². The number of phenols is 1. The largest absolute Gasteiger partial charge is 0.508 e. The Morgan fingerprint density at radius 1 is 1.05 bits per heavy atom. The molecule has 1 fully saturated rings. The third kappa shape index (κ3) is 7.73. The van der Waals surface area contributed by atoms with Crippen LogP contribution in [0.2, 0.25) is 0 Å². The first-order valence-corrected chi connectivity index (χ1v) is 13.8. The standard InChI is InChI=1S/C30H39N3O7/c1-30(2,3)40-29(38)33-17-22-14-24(34)12-11-21(22)15-25(33)26(35)16-31-27(36)19-7-9-20(10-8-19)28(37)32-23-6-4-5-13-39-18-23/h7-12,14,23,25-26,34-35H,4-6,13,15-18H2,1-3H3,(H,31,36)(H,32,37)/t23?,25-,26+/m0/s1. The lowest BCUT2D eigenvalue weighted by Gasteiger charge is -2.40. The molecule has 40 heavy (non-hydrogen) atoms. The average molecular weight is 554 g/mol. The summed E-state index contributed by atoms with van der Waals surface area (Å²) in [7, 11) is 0. The summed E-state index contributed by atoms with van der Waals surface area (Å²) in [5.41, 5.74) is 1.73. The van der Waals surface area contributed by atoms with Gasteiger partial charge in [0.2, 0.25) is 0 Å². The molecule has 3 amide bonds. The van der Waals surface area contributed by atoms with Crippen LogP contribution in [0.4, 0.5) is 4.79 Å². The number of carbonyl (C=O) groups is 3. The average Bonchev–Trinajstić information content (AvgIpc) is 3.18. The van der Waals surface area contributed by atoms with E-state index in [0.29, 0.717) is 30.8 Å². The summed E-state index contributed by atoms with van der Waals surface area (Å²) in [6, 6.07) is 10.6. The number of hydrogen-bond acceptors (Lipinski definition) is 7. The molecule has 0 aromatic heterocycles. The van der Waals surface area contributed by atoms with E-state index in [-0.39, 0.29) is 30.8 Å². The van der Waals surface area contributed by atoms with E-state index in [9.17, 15) is 24.6 Å². The smallest absolute Gasteiger partial charge is 0.410 e. The predicted molar refractivity (Wildman–Crippen MR) is 148 cm³/mol. The number of aliphatic hydroxyl groups excluding tert-OH is 1. The Morgan fingerprint density at radius 3 is 2.45 bits per heavy atom. The molecule has 3 atom stereocenters. The number of rotatable bonds is 6. The number of fused-ring (bicyclic) bond motifs is 1. The summed E-state index contributed by atoms with van der Waals surface area (Å²) in [6.45, 7) is 6.56. The van der Waals surface area contributed by atoms with Gasteiger partial charge in [0.15, 0.2) is 0 Å². The molecule has 0 bridgehead atoms.